The monoisotopic (exact) mass is 1000 g/mol. The molecule has 9 heteroatoms. The molecule has 0 spiro atoms. The number of unbranched alkanes of at least 4 members (excludes halogenated alkanes) is 8. The molecule has 0 bridgehead atoms. The quantitative estimate of drug-likeness (QED) is 0.0238. The van der Waals surface area contributed by atoms with E-state index in [-0.39, 0.29) is 43.3 Å². The van der Waals surface area contributed by atoms with Crippen molar-refractivity contribution in [3.8, 4) is 0 Å². The molecule has 4 N–H and O–H groups in total. The highest BCUT2D eigenvalue weighted by atomic mass is 31.2. The summed E-state index contributed by atoms with van der Waals surface area (Å²) in [5.74, 6) is -0.576. The van der Waals surface area contributed by atoms with Crippen LogP contribution >= 0.6 is 7.26 Å². The standard InChI is InChI=1S/C64H79N4O4P/c69-60(47-28-37-54-31-14-8-15-32-54)65-51-64(52-66-61(70)48-29-38-55-33-16-9-17-34-55,53-67-62(71)49-30-39-56-35-18-10-19-36-56)68-63(72)46-26-6-4-2-1-3-5-7-27-50-73(57-40-20-11-21-41-57,58-42-22-12-23-43-58)59-44-24-13-25-45-59/h8-25,31-36,40-45H,1-7,26-30,37-39,46-53H2,(H3-,65,66,67,68,69,70,71,72)/p+1. The van der Waals surface area contributed by atoms with Crippen molar-refractivity contribution in [2.75, 3.05) is 25.8 Å². The maximum Gasteiger partial charge on any atom is 0.220 e. The van der Waals surface area contributed by atoms with Crippen molar-refractivity contribution in [2.45, 2.75) is 128 Å². The lowest BCUT2D eigenvalue weighted by Gasteiger charge is -2.35. The number of hydrogen-bond donors (Lipinski definition) is 4. The summed E-state index contributed by atoms with van der Waals surface area (Å²) >= 11 is 0. The summed E-state index contributed by atoms with van der Waals surface area (Å²) in [4.78, 5) is 54.0. The van der Waals surface area contributed by atoms with Crippen molar-refractivity contribution in [1.29, 1.82) is 0 Å². The van der Waals surface area contributed by atoms with Gasteiger partial charge in [-0.25, -0.2) is 0 Å². The van der Waals surface area contributed by atoms with Gasteiger partial charge in [0.1, 0.15) is 23.2 Å². The van der Waals surface area contributed by atoms with Crippen LogP contribution in [0.4, 0.5) is 0 Å². The smallest absolute Gasteiger partial charge is 0.220 e. The van der Waals surface area contributed by atoms with Crippen molar-refractivity contribution in [3.63, 3.8) is 0 Å². The first-order valence-electron chi connectivity index (χ1n) is 27.1. The lowest BCUT2D eigenvalue weighted by Crippen LogP contribution is -2.66. The first-order chi connectivity index (χ1) is 35.8. The average molecular weight is 1000 g/mol. The predicted octanol–water partition coefficient (Wildman–Crippen LogP) is 11.2. The Morgan fingerprint density at radius 2 is 0.589 bits per heavy atom. The Kier molecular flexibility index (Phi) is 24.5. The predicted molar refractivity (Wildman–Crippen MR) is 304 cm³/mol. The summed E-state index contributed by atoms with van der Waals surface area (Å²) in [5, 5.41) is 16.8. The molecule has 73 heavy (non-hydrogen) atoms. The van der Waals surface area contributed by atoms with Gasteiger partial charge >= 0.3 is 0 Å². The lowest BCUT2D eigenvalue weighted by molar-refractivity contribution is -0.126. The Labute approximate surface area is 437 Å². The summed E-state index contributed by atoms with van der Waals surface area (Å²) in [5.41, 5.74) is 2.37. The van der Waals surface area contributed by atoms with Gasteiger partial charge in [-0.2, -0.15) is 0 Å². The van der Waals surface area contributed by atoms with E-state index in [0.717, 1.165) is 51.1 Å². The molecule has 0 heterocycles. The number of nitrogens with one attached hydrogen (secondary N) is 4. The second kappa shape index (κ2) is 31.9. The van der Waals surface area contributed by atoms with Crippen molar-refractivity contribution < 1.29 is 19.2 Å². The van der Waals surface area contributed by atoms with Gasteiger partial charge in [-0.15, -0.1) is 0 Å². The van der Waals surface area contributed by atoms with Crippen molar-refractivity contribution in [2.24, 2.45) is 0 Å². The van der Waals surface area contributed by atoms with Crippen molar-refractivity contribution >= 4 is 46.8 Å². The third kappa shape index (κ3) is 19.9. The lowest BCUT2D eigenvalue weighted by atomic mass is 9.97. The maximum atomic E-state index is 13.9. The molecule has 0 atom stereocenters. The van der Waals surface area contributed by atoms with E-state index in [4.69, 9.17) is 0 Å². The highest BCUT2D eigenvalue weighted by Gasteiger charge is 2.44. The van der Waals surface area contributed by atoms with Crippen LogP contribution in [-0.4, -0.2) is 55.0 Å². The molecule has 6 aromatic rings. The zero-order valence-electron chi connectivity index (χ0n) is 43.2. The third-order valence-corrected chi connectivity index (χ3v) is 18.4. The molecule has 384 valence electrons. The van der Waals surface area contributed by atoms with E-state index >= 15 is 0 Å². The summed E-state index contributed by atoms with van der Waals surface area (Å²) in [7, 11) is -1.81. The zero-order valence-corrected chi connectivity index (χ0v) is 44.1. The number of benzene rings is 6. The van der Waals surface area contributed by atoms with Crippen molar-refractivity contribution in [1.82, 2.24) is 21.3 Å². The van der Waals surface area contributed by atoms with Crippen LogP contribution in [0, 0.1) is 0 Å². The van der Waals surface area contributed by atoms with Crippen LogP contribution in [0.15, 0.2) is 182 Å². The molecule has 0 unspecified atom stereocenters. The minimum absolute atomic E-state index is 0.0605. The van der Waals surface area contributed by atoms with Gasteiger partial charge in [-0.05, 0) is 111 Å². The summed E-state index contributed by atoms with van der Waals surface area (Å²) in [6, 6.07) is 63.7. The molecule has 4 amide bonds. The zero-order chi connectivity index (χ0) is 51.1. The number of carbonyl (C=O) groups excluding carboxylic acids is 4. The van der Waals surface area contributed by atoms with Gasteiger partial charge in [0.25, 0.3) is 0 Å². The second-order valence-electron chi connectivity index (χ2n) is 19.6. The molecule has 0 aliphatic heterocycles. The van der Waals surface area contributed by atoms with Gasteiger partial charge in [0, 0.05) is 45.3 Å². The van der Waals surface area contributed by atoms with E-state index < -0.39 is 12.8 Å². The Balaban J connectivity index is 0.995. The van der Waals surface area contributed by atoms with E-state index in [2.05, 4.69) is 149 Å². The van der Waals surface area contributed by atoms with Crippen LogP contribution in [0.5, 0.6) is 0 Å². The molecule has 0 saturated carbocycles. The molecule has 0 fully saturated rings. The molecule has 6 aromatic carbocycles. The van der Waals surface area contributed by atoms with E-state index in [1.165, 1.54) is 64.7 Å². The number of rotatable bonds is 34. The molecule has 0 radical (unpaired) electrons. The van der Waals surface area contributed by atoms with Crippen LogP contribution in [0.1, 0.15) is 119 Å². The number of carbonyl (C=O) groups is 4. The van der Waals surface area contributed by atoms with Gasteiger partial charge in [0.2, 0.25) is 23.6 Å². The molecule has 8 nitrogen and oxygen atoms in total. The van der Waals surface area contributed by atoms with Gasteiger partial charge in [-0.1, -0.05) is 184 Å². The Hall–Kier alpha value is -6.37. The van der Waals surface area contributed by atoms with Gasteiger partial charge < -0.3 is 21.3 Å². The molecular weight excluding hydrogens is 920 g/mol. The van der Waals surface area contributed by atoms with Gasteiger partial charge in [0.05, 0.1) is 11.7 Å². The Morgan fingerprint density at radius 1 is 0.315 bits per heavy atom. The van der Waals surface area contributed by atoms with Crippen LogP contribution in [-0.2, 0) is 38.4 Å². The van der Waals surface area contributed by atoms with Crippen molar-refractivity contribution in [3.05, 3.63) is 199 Å². The van der Waals surface area contributed by atoms with E-state index in [0.29, 0.717) is 44.9 Å². The number of hydrogen-bond acceptors (Lipinski definition) is 4. The van der Waals surface area contributed by atoms with E-state index in [1.807, 2.05) is 54.6 Å². The minimum Gasteiger partial charge on any atom is -0.354 e. The largest absolute Gasteiger partial charge is 0.354 e. The highest BCUT2D eigenvalue weighted by Crippen LogP contribution is 2.56. The molecule has 0 aromatic heterocycles. The maximum absolute atomic E-state index is 13.9. The van der Waals surface area contributed by atoms with Crippen LogP contribution in [0.3, 0.4) is 0 Å². The van der Waals surface area contributed by atoms with Gasteiger partial charge in [0.15, 0.2) is 0 Å². The first kappa shape index (κ1) is 55.9. The SMILES string of the molecule is O=C(CCCc1ccccc1)NCC(CNC(=O)CCCc1ccccc1)(CNC(=O)CCCc1ccccc1)NC(=O)CCCCCCCCCCC[P+](c1ccccc1)(c1ccccc1)c1ccccc1. The molecule has 0 aliphatic carbocycles. The second-order valence-corrected chi connectivity index (χ2v) is 23.3. The average Bonchev–Trinajstić information content (AvgIpc) is 3.43. The summed E-state index contributed by atoms with van der Waals surface area (Å²) in [6.45, 7) is 0.182. The number of aryl methyl sites for hydroxylation is 3. The van der Waals surface area contributed by atoms with Gasteiger partial charge in [-0.3, -0.25) is 19.2 Å². The molecule has 6 rings (SSSR count). The number of amides is 4. The fourth-order valence-corrected chi connectivity index (χ4v) is 14.2. The first-order valence-corrected chi connectivity index (χ1v) is 29.1. The normalized spacial score (nSPS) is 11.4. The fraction of sp³-hybridized carbons (Fsp3) is 0.375. The summed E-state index contributed by atoms with van der Waals surface area (Å²) in [6.07, 6.45) is 16.6. The third-order valence-electron chi connectivity index (χ3n) is 13.9. The molecule has 0 aliphatic rings. The molecular formula is C64H80N4O4P+. The topological polar surface area (TPSA) is 116 Å². The van der Waals surface area contributed by atoms with Crippen LogP contribution in [0.25, 0.3) is 0 Å². The van der Waals surface area contributed by atoms with Crippen LogP contribution < -0.4 is 37.2 Å². The Bertz CT molecular complexity index is 2230. The summed E-state index contributed by atoms with van der Waals surface area (Å²) < 4.78 is 0. The fourth-order valence-electron chi connectivity index (χ4n) is 9.79. The van der Waals surface area contributed by atoms with E-state index in [9.17, 15) is 19.2 Å². The van der Waals surface area contributed by atoms with Crippen LogP contribution in [0.2, 0.25) is 0 Å². The minimum atomic E-state index is -1.81. The molecule has 0 saturated heterocycles. The van der Waals surface area contributed by atoms with E-state index in [1.54, 1.807) is 0 Å². The highest BCUT2D eigenvalue weighted by molar-refractivity contribution is 7.95. The Morgan fingerprint density at radius 3 is 0.918 bits per heavy atom.